The summed E-state index contributed by atoms with van der Waals surface area (Å²) < 4.78 is 32.5. The standard InChI is InChI=1S/C19H22N2O4S/c1-14-3-9-18(10-4-14)26(23,24)20-12-15-11-19(22)21(13-15)16-5-7-17(25-2)8-6-16/h3-10,15,20H,11-13H2,1-2H3. The summed E-state index contributed by atoms with van der Waals surface area (Å²) in [6.07, 6.45) is 0.322. The van der Waals surface area contributed by atoms with Gasteiger partial charge in [0.1, 0.15) is 5.75 Å². The van der Waals surface area contributed by atoms with Crippen molar-refractivity contribution in [1.82, 2.24) is 4.72 Å². The molecule has 0 spiro atoms. The van der Waals surface area contributed by atoms with Crippen molar-refractivity contribution in [2.45, 2.75) is 18.2 Å². The van der Waals surface area contributed by atoms with E-state index in [-0.39, 0.29) is 23.3 Å². The Labute approximate surface area is 153 Å². The summed E-state index contributed by atoms with van der Waals surface area (Å²) in [6.45, 7) is 2.62. The minimum absolute atomic E-state index is 0.00491. The van der Waals surface area contributed by atoms with Gasteiger partial charge in [-0.05, 0) is 49.2 Å². The molecule has 7 heteroatoms. The first-order chi connectivity index (χ1) is 12.4. The molecular weight excluding hydrogens is 352 g/mol. The summed E-state index contributed by atoms with van der Waals surface area (Å²) in [5.41, 5.74) is 1.79. The first kappa shape index (κ1) is 18.4. The molecule has 1 heterocycles. The Morgan fingerprint density at radius 3 is 2.38 bits per heavy atom. The summed E-state index contributed by atoms with van der Waals surface area (Å²) in [6, 6.07) is 14.0. The lowest BCUT2D eigenvalue weighted by Gasteiger charge is -2.17. The first-order valence-electron chi connectivity index (χ1n) is 8.40. The van der Waals surface area contributed by atoms with E-state index in [9.17, 15) is 13.2 Å². The van der Waals surface area contributed by atoms with Gasteiger partial charge in [0, 0.05) is 25.2 Å². The van der Waals surface area contributed by atoms with Crippen molar-refractivity contribution in [3.05, 3.63) is 54.1 Å². The van der Waals surface area contributed by atoms with Gasteiger partial charge < -0.3 is 9.64 Å². The van der Waals surface area contributed by atoms with E-state index in [1.165, 1.54) is 0 Å². The van der Waals surface area contributed by atoms with Crippen molar-refractivity contribution in [3.8, 4) is 5.75 Å². The van der Waals surface area contributed by atoms with Crippen LogP contribution in [0.3, 0.4) is 0 Å². The molecule has 1 fully saturated rings. The van der Waals surface area contributed by atoms with Gasteiger partial charge in [-0.3, -0.25) is 4.79 Å². The SMILES string of the molecule is COc1ccc(N2CC(CNS(=O)(=O)c3ccc(C)cc3)CC2=O)cc1. The van der Waals surface area contributed by atoms with Crippen LogP contribution in [0, 0.1) is 12.8 Å². The highest BCUT2D eigenvalue weighted by Gasteiger charge is 2.31. The second-order valence-corrected chi connectivity index (χ2v) is 8.20. The smallest absolute Gasteiger partial charge is 0.240 e. The van der Waals surface area contributed by atoms with Gasteiger partial charge >= 0.3 is 0 Å². The highest BCUT2D eigenvalue weighted by molar-refractivity contribution is 7.89. The molecule has 2 aromatic rings. The third-order valence-electron chi connectivity index (χ3n) is 4.48. The third-order valence-corrected chi connectivity index (χ3v) is 5.92. The lowest BCUT2D eigenvalue weighted by molar-refractivity contribution is -0.117. The molecule has 1 aliphatic rings. The van der Waals surface area contributed by atoms with E-state index in [1.54, 1.807) is 48.4 Å². The minimum atomic E-state index is -3.57. The number of ether oxygens (including phenoxy) is 1. The number of carbonyl (C=O) groups excluding carboxylic acids is 1. The summed E-state index contributed by atoms with van der Waals surface area (Å²) in [7, 11) is -1.98. The van der Waals surface area contributed by atoms with E-state index in [2.05, 4.69) is 4.72 Å². The lowest BCUT2D eigenvalue weighted by atomic mass is 10.1. The van der Waals surface area contributed by atoms with Crippen LogP contribution in [0.1, 0.15) is 12.0 Å². The molecule has 26 heavy (non-hydrogen) atoms. The fourth-order valence-corrected chi connectivity index (χ4v) is 4.07. The predicted octanol–water partition coefficient (Wildman–Crippen LogP) is 2.34. The number of hydrogen-bond donors (Lipinski definition) is 1. The molecule has 0 aliphatic carbocycles. The summed E-state index contributed by atoms with van der Waals surface area (Å²) in [5.74, 6) is 0.655. The number of amides is 1. The van der Waals surface area contributed by atoms with Crippen LogP contribution in [-0.4, -0.2) is 34.5 Å². The normalized spacial score (nSPS) is 17.5. The van der Waals surface area contributed by atoms with Crippen LogP contribution in [0.5, 0.6) is 5.75 Å². The van der Waals surface area contributed by atoms with Crippen LogP contribution >= 0.6 is 0 Å². The maximum Gasteiger partial charge on any atom is 0.240 e. The number of methoxy groups -OCH3 is 1. The maximum atomic E-state index is 12.4. The zero-order chi connectivity index (χ0) is 18.7. The average Bonchev–Trinajstić information content (AvgIpc) is 3.01. The van der Waals surface area contributed by atoms with Crippen LogP contribution in [0.4, 0.5) is 5.69 Å². The predicted molar refractivity (Wildman–Crippen MR) is 99.8 cm³/mol. The van der Waals surface area contributed by atoms with Gasteiger partial charge in [0.15, 0.2) is 0 Å². The summed E-state index contributed by atoms with van der Waals surface area (Å²) >= 11 is 0. The van der Waals surface area contributed by atoms with Crippen molar-refractivity contribution in [2.75, 3.05) is 25.1 Å². The molecule has 1 unspecified atom stereocenters. The number of sulfonamides is 1. The largest absolute Gasteiger partial charge is 0.497 e. The molecule has 1 amide bonds. The molecule has 0 radical (unpaired) electrons. The van der Waals surface area contributed by atoms with E-state index in [0.29, 0.717) is 13.0 Å². The Morgan fingerprint density at radius 1 is 1.12 bits per heavy atom. The van der Waals surface area contributed by atoms with Crippen molar-refractivity contribution >= 4 is 21.6 Å². The van der Waals surface area contributed by atoms with E-state index >= 15 is 0 Å². The Bertz CT molecular complexity index is 877. The van der Waals surface area contributed by atoms with Crippen LogP contribution in [0.2, 0.25) is 0 Å². The van der Waals surface area contributed by atoms with Crippen molar-refractivity contribution in [1.29, 1.82) is 0 Å². The van der Waals surface area contributed by atoms with Gasteiger partial charge in [0.25, 0.3) is 0 Å². The Hall–Kier alpha value is -2.38. The number of anilines is 1. The van der Waals surface area contributed by atoms with E-state index < -0.39 is 10.0 Å². The second kappa shape index (κ2) is 7.47. The molecule has 1 N–H and O–H groups in total. The van der Waals surface area contributed by atoms with E-state index in [1.807, 2.05) is 19.1 Å². The van der Waals surface area contributed by atoms with Crippen molar-refractivity contribution in [3.63, 3.8) is 0 Å². The van der Waals surface area contributed by atoms with Crippen LogP contribution in [0.25, 0.3) is 0 Å². The van der Waals surface area contributed by atoms with E-state index in [4.69, 9.17) is 4.74 Å². The molecule has 0 bridgehead atoms. The third kappa shape index (κ3) is 4.05. The molecule has 2 aromatic carbocycles. The highest BCUT2D eigenvalue weighted by atomic mass is 32.2. The van der Waals surface area contributed by atoms with Gasteiger partial charge in [0.05, 0.1) is 12.0 Å². The number of carbonyl (C=O) groups is 1. The van der Waals surface area contributed by atoms with Gasteiger partial charge in [0.2, 0.25) is 15.9 Å². The molecule has 0 aromatic heterocycles. The van der Waals surface area contributed by atoms with Gasteiger partial charge in [-0.25, -0.2) is 13.1 Å². The number of hydrogen-bond acceptors (Lipinski definition) is 4. The monoisotopic (exact) mass is 374 g/mol. The first-order valence-corrected chi connectivity index (χ1v) is 9.88. The minimum Gasteiger partial charge on any atom is -0.497 e. The molecule has 1 saturated heterocycles. The Kier molecular flexibility index (Phi) is 5.29. The molecule has 138 valence electrons. The van der Waals surface area contributed by atoms with E-state index in [0.717, 1.165) is 17.0 Å². The quantitative estimate of drug-likeness (QED) is 0.842. The molecule has 0 saturated carbocycles. The number of aryl methyl sites for hydroxylation is 1. The van der Waals surface area contributed by atoms with Crippen LogP contribution in [-0.2, 0) is 14.8 Å². The molecule has 1 atom stereocenters. The molecule has 3 rings (SSSR count). The lowest BCUT2D eigenvalue weighted by Crippen LogP contribution is -2.31. The average molecular weight is 374 g/mol. The number of rotatable bonds is 6. The zero-order valence-electron chi connectivity index (χ0n) is 14.8. The molecular formula is C19H22N2O4S. The van der Waals surface area contributed by atoms with Gasteiger partial charge in [-0.1, -0.05) is 17.7 Å². The summed E-state index contributed by atoms with van der Waals surface area (Å²) in [5, 5.41) is 0. The van der Waals surface area contributed by atoms with Crippen LogP contribution < -0.4 is 14.4 Å². The van der Waals surface area contributed by atoms with Crippen LogP contribution in [0.15, 0.2) is 53.4 Å². The summed E-state index contributed by atoms with van der Waals surface area (Å²) in [4.78, 5) is 14.2. The Morgan fingerprint density at radius 2 is 1.77 bits per heavy atom. The maximum absolute atomic E-state index is 12.4. The second-order valence-electron chi connectivity index (χ2n) is 6.44. The Balaban J connectivity index is 1.62. The topological polar surface area (TPSA) is 75.7 Å². The molecule has 1 aliphatic heterocycles. The zero-order valence-corrected chi connectivity index (χ0v) is 15.6. The number of nitrogens with zero attached hydrogens (tertiary/aromatic N) is 1. The molecule has 6 nitrogen and oxygen atoms in total. The van der Waals surface area contributed by atoms with Gasteiger partial charge in [-0.15, -0.1) is 0 Å². The van der Waals surface area contributed by atoms with Gasteiger partial charge in [-0.2, -0.15) is 0 Å². The fraction of sp³-hybridized carbons (Fsp3) is 0.316. The van der Waals surface area contributed by atoms with Crippen molar-refractivity contribution in [2.24, 2.45) is 5.92 Å². The number of nitrogens with one attached hydrogen (secondary N) is 1. The van der Waals surface area contributed by atoms with Crippen molar-refractivity contribution < 1.29 is 17.9 Å². The highest BCUT2D eigenvalue weighted by Crippen LogP contribution is 2.26. The fourth-order valence-electron chi connectivity index (χ4n) is 2.96. The number of benzene rings is 2.